The molecule has 0 aliphatic heterocycles. The maximum absolute atomic E-state index is 10.5. The molecule has 1 saturated carbocycles. The van der Waals surface area contributed by atoms with Crippen LogP contribution in [0.4, 0.5) is 0 Å². The molecule has 1 aromatic rings. The van der Waals surface area contributed by atoms with Gasteiger partial charge in [-0.3, -0.25) is 0 Å². The van der Waals surface area contributed by atoms with Gasteiger partial charge in [-0.1, -0.05) is 40.7 Å². The van der Waals surface area contributed by atoms with Gasteiger partial charge in [0.25, 0.3) is 0 Å². The summed E-state index contributed by atoms with van der Waals surface area (Å²) in [6.07, 6.45) is 3.85. The lowest BCUT2D eigenvalue weighted by Gasteiger charge is -2.56. The van der Waals surface area contributed by atoms with Crippen LogP contribution in [0, 0.1) is 11.3 Å². The van der Waals surface area contributed by atoms with E-state index in [0.717, 1.165) is 31.2 Å². The van der Waals surface area contributed by atoms with Crippen molar-refractivity contribution in [1.82, 2.24) is 0 Å². The van der Waals surface area contributed by atoms with Crippen molar-refractivity contribution < 1.29 is 10.2 Å². The van der Waals surface area contributed by atoms with Gasteiger partial charge in [-0.05, 0) is 71.1 Å². The minimum Gasteiger partial charge on any atom is -0.508 e. The van der Waals surface area contributed by atoms with Crippen LogP contribution in [-0.4, -0.2) is 16.3 Å². The van der Waals surface area contributed by atoms with Crippen molar-refractivity contribution in [3.8, 4) is 5.75 Å². The lowest BCUT2D eigenvalue weighted by Crippen LogP contribution is -2.53. The Morgan fingerprint density at radius 1 is 1.14 bits per heavy atom. The van der Waals surface area contributed by atoms with Gasteiger partial charge in [-0.25, -0.2) is 0 Å². The second-order valence-electron chi connectivity index (χ2n) is 8.61. The molecule has 0 aromatic heterocycles. The van der Waals surface area contributed by atoms with Crippen LogP contribution in [0.15, 0.2) is 12.1 Å². The number of aliphatic hydroxyl groups excluding tert-OH is 1. The number of aliphatic hydroxyl groups is 1. The Bertz CT molecular complexity index is 588. The number of hydrogen-bond donors (Lipinski definition) is 2. The largest absolute Gasteiger partial charge is 0.508 e. The average Bonchev–Trinajstić information content (AvgIpc) is 2.43. The summed E-state index contributed by atoms with van der Waals surface area (Å²) in [4.78, 5) is 0. The quantitative estimate of drug-likeness (QED) is 0.801. The Morgan fingerprint density at radius 3 is 2.45 bits per heavy atom. The highest BCUT2D eigenvalue weighted by atomic mass is 16.3. The number of hydrogen-bond acceptors (Lipinski definition) is 2. The molecule has 1 fully saturated rings. The zero-order valence-electron chi connectivity index (χ0n) is 14.6. The highest BCUT2D eigenvalue weighted by molar-refractivity contribution is 5.48. The first-order valence-corrected chi connectivity index (χ1v) is 8.72. The number of phenols is 1. The summed E-state index contributed by atoms with van der Waals surface area (Å²) in [5.74, 6) is 1.26. The summed E-state index contributed by atoms with van der Waals surface area (Å²) in [5, 5.41) is 20.9. The third-order valence-corrected chi connectivity index (χ3v) is 6.66. The van der Waals surface area contributed by atoms with E-state index in [9.17, 15) is 10.2 Å². The summed E-state index contributed by atoms with van der Waals surface area (Å²) in [6, 6.07) is 4.26. The van der Waals surface area contributed by atoms with E-state index in [1.54, 1.807) is 0 Å². The topological polar surface area (TPSA) is 40.5 Å². The van der Waals surface area contributed by atoms with Crippen LogP contribution in [0.1, 0.15) is 76.5 Å². The second-order valence-corrected chi connectivity index (χ2v) is 8.61. The molecule has 22 heavy (non-hydrogen) atoms. The molecular weight excluding hydrogens is 272 g/mol. The van der Waals surface area contributed by atoms with Crippen LogP contribution in [0.2, 0.25) is 0 Å². The smallest absolute Gasteiger partial charge is 0.119 e. The summed E-state index contributed by atoms with van der Waals surface area (Å²) in [5.41, 5.74) is 3.81. The Balaban J connectivity index is 2.12. The number of aromatic hydroxyl groups is 1. The van der Waals surface area contributed by atoms with Crippen LogP contribution in [0.5, 0.6) is 5.75 Å². The molecule has 0 unspecified atom stereocenters. The Hall–Kier alpha value is -1.02. The first-order valence-electron chi connectivity index (χ1n) is 8.72. The van der Waals surface area contributed by atoms with Gasteiger partial charge in [0.1, 0.15) is 5.75 Å². The molecule has 122 valence electrons. The van der Waals surface area contributed by atoms with Gasteiger partial charge in [-0.2, -0.15) is 0 Å². The Labute approximate surface area is 134 Å². The van der Waals surface area contributed by atoms with E-state index < -0.39 is 0 Å². The van der Waals surface area contributed by atoms with Gasteiger partial charge in [-0.15, -0.1) is 0 Å². The average molecular weight is 302 g/mol. The molecule has 2 N–H and O–H groups in total. The Kier molecular flexibility index (Phi) is 3.60. The predicted molar refractivity (Wildman–Crippen MR) is 90.4 cm³/mol. The molecule has 0 amide bonds. The molecule has 2 heteroatoms. The molecule has 3 rings (SSSR count). The first kappa shape index (κ1) is 15.9. The van der Waals surface area contributed by atoms with Crippen LogP contribution >= 0.6 is 0 Å². The second kappa shape index (κ2) is 4.99. The molecule has 2 aliphatic rings. The summed E-state index contributed by atoms with van der Waals surface area (Å²) < 4.78 is 0. The minimum atomic E-state index is -0.212. The van der Waals surface area contributed by atoms with E-state index in [-0.39, 0.29) is 16.9 Å². The zero-order valence-corrected chi connectivity index (χ0v) is 14.6. The van der Waals surface area contributed by atoms with E-state index in [1.165, 1.54) is 11.1 Å². The fourth-order valence-corrected chi connectivity index (χ4v) is 5.20. The van der Waals surface area contributed by atoms with Crippen molar-refractivity contribution in [2.75, 3.05) is 0 Å². The van der Waals surface area contributed by atoms with Crippen molar-refractivity contribution in [2.24, 2.45) is 11.3 Å². The zero-order chi connectivity index (χ0) is 16.3. The minimum absolute atomic E-state index is 0.0585. The fourth-order valence-electron chi connectivity index (χ4n) is 5.20. The molecule has 2 aliphatic carbocycles. The lowest BCUT2D eigenvalue weighted by molar-refractivity contribution is -0.0731. The van der Waals surface area contributed by atoms with E-state index in [0.29, 0.717) is 17.6 Å². The number of aryl methyl sites for hydroxylation is 1. The van der Waals surface area contributed by atoms with Crippen molar-refractivity contribution in [3.05, 3.63) is 28.8 Å². The van der Waals surface area contributed by atoms with Gasteiger partial charge in [0.15, 0.2) is 0 Å². The van der Waals surface area contributed by atoms with E-state index in [2.05, 4.69) is 40.7 Å². The van der Waals surface area contributed by atoms with E-state index in [1.807, 2.05) is 6.07 Å². The van der Waals surface area contributed by atoms with E-state index in [4.69, 9.17) is 0 Å². The molecule has 0 radical (unpaired) electrons. The maximum atomic E-state index is 10.5. The van der Waals surface area contributed by atoms with E-state index >= 15 is 0 Å². The third-order valence-electron chi connectivity index (χ3n) is 6.66. The summed E-state index contributed by atoms with van der Waals surface area (Å²) in [6.45, 7) is 11.0. The summed E-state index contributed by atoms with van der Waals surface area (Å²) >= 11 is 0. The van der Waals surface area contributed by atoms with Crippen LogP contribution in [-0.2, 0) is 11.8 Å². The van der Waals surface area contributed by atoms with Crippen LogP contribution in [0.25, 0.3) is 0 Å². The normalized spacial score (nSPS) is 33.4. The molecule has 3 atom stereocenters. The number of benzene rings is 1. The Morgan fingerprint density at radius 2 is 1.82 bits per heavy atom. The van der Waals surface area contributed by atoms with Crippen LogP contribution < -0.4 is 0 Å². The van der Waals surface area contributed by atoms with Crippen molar-refractivity contribution in [2.45, 2.75) is 77.7 Å². The number of phenolic OH excluding ortho intramolecular Hbond substituents is 1. The van der Waals surface area contributed by atoms with Crippen molar-refractivity contribution >= 4 is 0 Å². The molecule has 2 nitrogen and oxygen atoms in total. The molecule has 0 heterocycles. The SMILES string of the molecule is CC(C)c1cc2c(cc1O)[C@@]1(C)CC[C@H](O)C(C)(C)[C@@H]1CC2. The van der Waals surface area contributed by atoms with Gasteiger partial charge in [0, 0.05) is 0 Å². The standard InChI is InChI=1S/C20H30O2/c1-12(2)14-10-13-6-7-17-19(3,4)18(22)8-9-20(17,5)15(13)11-16(14)21/h10-12,17-18,21-22H,6-9H2,1-5H3/t17-,18-,20+/m0/s1. The van der Waals surface area contributed by atoms with Crippen LogP contribution in [0.3, 0.4) is 0 Å². The monoisotopic (exact) mass is 302 g/mol. The molecule has 1 aromatic carbocycles. The lowest BCUT2D eigenvalue weighted by atomic mass is 9.49. The number of fused-ring (bicyclic) bond motifs is 3. The van der Waals surface area contributed by atoms with Crippen molar-refractivity contribution in [1.29, 1.82) is 0 Å². The van der Waals surface area contributed by atoms with Gasteiger partial charge >= 0.3 is 0 Å². The van der Waals surface area contributed by atoms with Gasteiger partial charge < -0.3 is 10.2 Å². The summed E-state index contributed by atoms with van der Waals surface area (Å²) in [7, 11) is 0. The highest BCUT2D eigenvalue weighted by Crippen LogP contribution is 2.57. The first-order chi connectivity index (χ1) is 10.2. The maximum Gasteiger partial charge on any atom is 0.119 e. The number of rotatable bonds is 1. The molecular formula is C20H30O2. The van der Waals surface area contributed by atoms with Gasteiger partial charge in [0.2, 0.25) is 0 Å². The third kappa shape index (κ3) is 2.11. The van der Waals surface area contributed by atoms with Crippen molar-refractivity contribution in [3.63, 3.8) is 0 Å². The molecule has 0 bridgehead atoms. The fraction of sp³-hybridized carbons (Fsp3) is 0.700. The molecule has 0 spiro atoms. The highest BCUT2D eigenvalue weighted by Gasteiger charge is 2.53. The molecule has 0 saturated heterocycles. The predicted octanol–water partition coefficient (Wildman–Crippen LogP) is 4.52. The van der Waals surface area contributed by atoms with Gasteiger partial charge in [0.05, 0.1) is 6.10 Å².